The molecule has 1 saturated heterocycles. The van der Waals surface area contributed by atoms with Crippen LogP contribution in [0.25, 0.3) is 0 Å². The lowest BCUT2D eigenvalue weighted by atomic mass is 9.81. The first-order valence-electron chi connectivity index (χ1n) is 11.4. The molecule has 1 aliphatic rings. The second kappa shape index (κ2) is 9.46. The lowest BCUT2D eigenvalue weighted by Gasteiger charge is -2.37. The monoisotopic (exact) mass is 446 g/mol. The van der Waals surface area contributed by atoms with E-state index in [1.807, 2.05) is 37.1 Å². The normalized spacial score (nSPS) is 16.8. The van der Waals surface area contributed by atoms with Crippen LogP contribution in [-0.2, 0) is 16.6 Å². The number of halogens is 1. The van der Waals surface area contributed by atoms with E-state index in [2.05, 4.69) is 55.5 Å². The highest BCUT2D eigenvalue weighted by Crippen LogP contribution is 2.31. The molecular weight excluding hydrogens is 416 g/mol. The number of aryl methyl sites for hydroxylation is 1. The molecule has 32 heavy (non-hydrogen) atoms. The van der Waals surface area contributed by atoms with Gasteiger partial charge in [0.1, 0.15) is 0 Å². The molecule has 1 atom stereocenters. The van der Waals surface area contributed by atoms with E-state index in [-0.39, 0.29) is 11.8 Å². The van der Waals surface area contributed by atoms with Crippen molar-refractivity contribution in [2.75, 3.05) is 13.1 Å². The number of piperidine rings is 1. The SMILES string of the molecule is Cc1ccc(C(C)(C)C(=O)N2CCC[C@H](c3ccc(Cc4ccc(Cl)cc4)cn3)C2)cc1. The Kier molecular flexibility index (Phi) is 6.66. The lowest BCUT2D eigenvalue weighted by Crippen LogP contribution is -2.47. The minimum Gasteiger partial charge on any atom is -0.341 e. The fourth-order valence-corrected chi connectivity index (χ4v) is 4.64. The van der Waals surface area contributed by atoms with Crippen molar-refractivity contribution in [3.8, 4) is 0 Å². The van der Waals surface area contributed by atoms with Crippen LogP contribution in [0.3, 0.4) is 0 Å². The third-order valence-corrected chi connectivity index (χ3v) is 6.86. The second-order valence-corrected chi connectivity index (χ2v) is 9.91. The molecule has 166 valence electrons. The molecule has 1 amide bonds. The molecule has 0 aliphatic carbocycles. The number of carbonyl (C=O) groups excluding carboxylic acids is 1. The van der Waals surface area contributed by atoms with Gasteiger partial charge in [-0.1, -0.05) is 59.6 Å². The molecule has 0 radical (unpaired) electrons. The maximum atomic E-state index is 13.5. The van der Waals surface area contributed by atoms with Gasteiger partial charge in [0.15, 0.2) is 0 Å². The van der Waals surface area contributed by atoms with Crippen molar-refractivity contribution in [3.63, 3.8) is 0 Å². The van der Waals surface area contributed by atoms with Gasteiger partial charge in [-0.2, -0.15) is 0 Å². The topological polar surface area (TPSA) is 33.2 Å². The van der Waals surface area contributed by atoms with Gasteiger partial charge in [-0.25, -0.2) is 0 Å². The first-order chi connectivity index (χ1) is 15.3. The summed E-state index contributed by atoms with van der Waals surface area (Å²) in [6, 6.07) is 20.6. The van der Waals surface area contributed by atoms with Crippen LogP contribution in [-0.4, -0.2) is 28.9 Å². The maximum absolute atomic E-state index is 13.5. The molecule has 4 rings (SSSR count). The summed E-state index contributed by atoms with van der Waals surface area (Å²) < 4.78 is 0. The van der Waals surface area contributed by atoms with E-state index < -0.39 is 5.41 Å². The van der Waals surface area contributed by atoms with Crippen LogP contribution in [0.5, 0.6) is 0 Å². The van der Waals surface area contributed by atoms with Crippen LogP contribution in [0.15, 0.2) is 66.9 Å². The summed E-state index contributed by atoms with van der Waals surface area (Å²) in [5.74, 6) is 0.483. The Balaban J connectivity index is 1.43. The Morgan fingerprint density at radius 2 is 1.72 bits per heavy atom. The average Bonchev–Trinajstić information content (AvgIpc) is 2.81. The van der Waals surface area contributed by atoms with Gasteiger partial charge in [0.25, 0.3) is 0 Å². The number of amides is 1. The summed E-state index contributed by atoms with van der Waals surface area (Å²) in [4.78, 5) is 20.3. The summed E-state index contributed by atoms with van der Waals surface area (Å²) in [6.07, 6.45) is 4.89. The first-order valence-corrected chi connectivity index (χ1v) is 11.8. The number of carbonyl (C=O) groups is 1. The molecule has 2 heterocycles. The van der Waals surface area contributed by atoms with E-state index in [0.717, 1.165) is 48.6 Å². The predicted octanol–water partition coefficient (Wildman–Crippen LogP) is 6.32. The van der Waals surface area contributed by atoms with Gasteiger partial charge < -0.3 is 4.90 Å². The van der Waals surface area contributed by atoms with Gasteiger partial charge in [-0.15, -0.1) is 0 Å². The molecule has 0 spiro atoms. The van der Waals surface area contributed by atoms with Gasteiger partial charge in [0.05, 0.1) is 5.41 Å². The van der Waals surface area contributed by atoms with Gasteiger partial charge in [-0.05, 0) is 74.9 Å². The Labute approximate surface area is 196 Å². The molecule has 4 heteroatoms. The molecule has 1 fully saturated rings. The summed E-state index contributed by atoms with van der Waals surface area (Å²) in [5, 5.41) is 0.754. The summed E-state index contributed by atoms with van der Waals surface area (Å²) in [5.41, 5.74) is 5.22. The van der Waals surface area contributed by atoms with Crippen molar-refractivity contribution in [2.45, 2.75) is 51.4 Å². The van der Waals surface area contributed by atoms with Crippen molar-refractivity contribution in [3.05, 3.63) is 99.8 Å². The summed E-state index contributed by atoms with van der Waals surface area (Å²) >= 11 is 5.98. The van der Waals surface area contributed by atoms with E-state index in [9.17, 15) is 4.79 Å². The molecule has 2 aromatic carbocycles. The number of hydrogen-bond donors (Lipinski definition) is 0. The zero-order chi connectivity index (χ0) is 22.7. The van der Waals surface area contributed by atoms with E-state index in [1.165, 1.54) is 16.7 Å². The number of aromatic nitrogens is 1. The number of pyridine rings is 1. The van der Waals surface area contributed by atoms with Crippen LogP contribution < -0.4 is 0 Å². The summed E-state index contributed by atoms with van der Waals surface area (Å²) in [7, 11) is 0. The Morgan fingerprint density at radius 1 is 1.03 bits per heavy atom. The Hall–Kier alpha value is -2.65. The largest absolute Gasteiger partial charge is 0.341 e. The predicted molar refractivity (Wildman–Crippen MR) is 131 cm³/mol. The third-order valence-electron chi connectivity index (χ3n) is 6.60. The maximum Gasteiger partial charge on any atom is 0.232 e. The molecule has 1 aromatic heterocycles. The number of nitrogens with zero attached hydrogens (tertiary/aromatic N) is 2. The number of rotatable bonds is 5. The fraction of sp³-hybridized carbons (Fsp3) is 0.357. The lowest BCUT2D eigenvalue weighted by molar-refractivity contribution is -0.137. The van der Waals surface area contributed by atoms with Crippen molar-refractivity contribution in [2.24, 2.45) is 0 Å². The molecule has 0 saturated carbocycles. The average molecular weight is 447 g/mol. The van der Waals surface area contributed by atoms with Gasteiger partial charge in [0, 0.05) is 35.9 Å². The molecule has 1 aliphatic heterocycles. The molecule has 3 aromatic rings. The van der Waals surface area contributed by atoms with Crippen LogP contribution in [0, 0.1) is 6.92 Å². The van der Waals surface area contributed by atoms with Crippen LogP contribution in [0.1, 0.15) is 60.6 Å². The van der Waals surface area contributed by atoms with E-state index in [4.69, 9.17) is 16.6 Å². The standard InChI is InChI=1S/C28H31ClN2O/c1-20-6-11-24(12-7-20)28(2,3)27(32)31-16-4-5-23(19-31)26-15-10-22(18-30-26)17-21-8-13-25(29)14-9-21/h6-15,18,23H,4-5,16-17,19H2,1-3H3/t23-/m0/s1. The highest BCUT2D eigenvalue weighted by Gasteiger charge is 2.36. The van der Waals surface area contributed by atoms with E-state index >= 15 is 0 Å². The van der Waals surface area contributed by atoms with Crippen molar-refractivity contribution in [1.29, 1.82) is 0 Å². The molecule has 3 nitrogen and oxygen atoms in total. The third kappa shape index (κ3) is 5.05. The van der Waals surface area contributed by atoms with Gasteiger partial charge in [-0.3, -0.25) is 9.78 Å². The van der Waals surface area contributed by atoms with Gasteiger partial charge >= 0.3 is 0 Å². The number of benzene rings is 2. The fourth-order valence-electron chi connectivity index (χ4n) is 4.51. The van der Waals surface area contributed by atoms with Crippen molar-refractivity contribution >= 4 is 17.5 Å². The second-order valence-electron chi connectivity index (χ2n) is 9.48. The number of hydrogen-bond acceptors (Lipinski definition) is 2. The number of likely N-dealkylation sites (tertiary alicyclic amines) is 1. The Morgan fingerprint density at radius 3 is 2.38 bits per heavy atom. The highest BCUT2D eigenvalue weighted by molar-refractivity contribution is 6.30. The van der Waals surface area contributed by atoms with E-state index in [1.54, 1.807) is 0 Å². The van der Waals surface area contributed by atoms with Crippen LogP contribution in [0.2, 0.25) is 5.02 Å². The van der Waals surface area contributed by atoms with Crippen molar-refractivity contribution in [1.82, 2.24) is 9.88 Å². The van der Waals surface area contributed by atoms with Crippen molar-refractivity contribution < 1.29 is 4.79 Å². The minimum absolute atomic E-state index is 0.199. The zero-order valence-corrected chi connectivity index (χ0v) is 19.9. The summed E-state index contributed by atoms with van der Waals surface area (Å²) in [6.45, 7) is 7.69. The quantitative estimate of drug-likeness (QED) is 0.459. The molecular formula is C28H31ClN2O. The van der Waals surface area contributed by atoms with Gasteiger partial charge in [0.2, 0.25) is 5.91 Å². The first kappa shape index (κ1) is 22.5. The molecule has 0 N–H and O–H groups in total. The Bertz CT molecular complexity index is 1060. The van der Waals surface area contributed by atoms with Crippen LogP contribution in [0.4, 0.5) is 0 Å². The zero-order valence-electron chi connectivity index (χ0n) is 19.1. The molecule has 0 unspecified atom stereocenters. The van der Waals surface area contributed by atoms with E-state index in [0.29, 0.717) is 0 Å². The highest BCUT2D eigenvalue weighted by atomic mass is 35.5. The molecule has 0 bridgehead atoms. The minimum atomic E-state index is -0.536. The van der Waals surface area contributed by atoms with Crippen LogP contribution >= 0.6 is 11.6 Å². The smallest absolute Gasteiger partial charge is 0.232 e.